The Morgan fingerprint density at radius 3 is 2.71 bits per heavy atom. The van der Waals surface area contributed by atoms with Gasteiger partial charge in [-0.15, -0.1) is 11.6 Å². The molecule has 0 saturated heterocycles. The quantitative estimate of drug-likeness (QED) is 0.812. The second-order valence-electron chi connectivity index (χ2n) is 4.17. The SMILES string of the molecule is Cc1cccc(S(=O)(=O)NC(C)CCCCl)c1. The van der Waals surface area contributed by atoms with Gasteiger partial charge in [-0.05, 0) is 44.4 Å². The van der Waals surface area contributed by atoms with Crippen LogP contribution in [0.15, 0.2) is 29.2 Å². The Kier molecular flexibility index (Phi) is 5.43. The van der Waals surface area contributed by atoms with Crippen LogP contribution in [0.3, 0.4) is 0 Å². The van der Waals surface area contributed by atoms with Gasteiger partial charge in [0, 0.05) is 11.9 Å². The van der Waals surface area contributed by atoms with Gasteiger partial charge < -0.3 is 0 Å². The maximum Gasteiger partial charge on any atom is 0.240 e. The van der Waals surface area contributed by atoms with E-state index in [1.54, 1.807) is 18.2 Å². The lowest BCUT2D eigenvalue weighted by molar-refractivity contribution is 0.544. The van der Waals surface area contributed by atoms with E-state index in [4.69, 9.17) is 11.6 Å². The molecule has 1 atom stereocenters. The fraction of sp³-hybridized carbons (Fsp3) is 0.500. The Morgan fingerprint density at radius 1 is 1.41 bits per heavy atom. The van der Waals surface area contributed by atoms with Crippen molar-refractivity contribution in [1.82, 2.24) is 4.72 Å². The maximum absolute atomic E-state index is 12.0. The van der Waals surface area contributed by atoms with Crippen LogP contribution in [-0.4, -0.2) is 20.3 Å². The van der Waals surface area contributed by atoms with Crippen molar-refractivity contribution in [3.8, 4) is 0 Å². The van der Waals surface area contributed by atoms with Crippen LogP contribution in [0.25, 0.3) is 0 Å². The summed E-state index contributed by atoms with van der Waals surface area (Å²) in [5, 5.41) is 0. The number of rotatable bonds is 6. The predicted octanol–water partition coefficient (Wildman–Crippen LogP) is 2.68. The second-order valence-corrected chi connectivity index (χ2v) is 6.26. The standard InChI is InChI=1S/C12H18ClNO2S/c1-10-5-3-7-12(9-10)17(15,16)14-11(2)6-4-8-13/h3,5,7,9,11,14H,4,6,8H2,1-2H3. The summed E-state index contributed by atoms with van der Waals surface area (Å²) in [5.41, 5.74) is 0.932. The highest BCUT2D eigenvalue weighted by atomic mass is 35.5. The lowest BCUT2D eigenvalue weighted by Crippen LogP contribution is -2.32. The van der Waals surface area contributed by atoms with Crippen LogP contribution in [0.1, 0.15) is 25.3 Å². The third kappa shape index (κ3) is 4.66. The van der Waals surface area contributed by atoms with E-state index in [2.05, 4.69) is 4.72 Å². The molecular formula is C12H18ClNO2S. The number of sulfonamides is 1. The largest absolute Gasteiger partial charge is 0.240 e. The van der Waals surface area contributed by atoms with Crippen molar-refractivity contribution in [3.05, 3.63) is 29.8 Å². The molecule has 1 aromatic rings. The third-order valence-electron chi connectivity index (χ3n) is 2.43. The molecule has 96 valence electrons. The molecule has 0 radical (unpaired) electrons. The highest BCUT2D eigenvalue weighted by molar-refractivity contribution is 7.89. The maximum atomic E-state index is 12.0. The minimum Gasteiger partial charge on any atom is -0.208 e. The molecule has 3 nitrogen and oxygen atoms in total. The molecule has 5 heteroatoms. The van der Waals surface area contributed by atoms with Crippen LogP contribution >= 0.6 is 11.6 Å². The molecule has 0 aromatic heterocycles. The molecule has 0 aliphatic carbocycles. The van der Waals surface area contributed by atoms with E-state index in [1.807, 2.05) is 19.9 Å². The van der Waals surface area contributed by atoms with Gasteiger partial charge in [-0.2, -0.15) is 0 Å². The number of halogens is 1. The van der Waals surface area contributed by atoms with Crippen molar-refractivity contribution in [1.29, 1.82) is 0 Å². The first-order chi connectivity index (χ1) is 7.95. The molecule has 0 amide bonds. The van der Waals surface area contributed by atoms with E-state index in [0.29, 0.717) is 10.8 Å². The molecule has 0 fully saturated rings. The molecule has 0 spiro atoms. The number of hydrogen-bond donors (Lipinski definition) is 1. The third-order valence-corrected chi connectivity index (χ3v) is 4.28. The molecule has 1 aromatic carbocycles. The van der Waals surface area contributed by atoms with Crippen molar-refractivity contribution in [2.75, 3.05) is 5.88 Å². The van der Waals surface area contributed by atoms with Gasteiger partial charge in [-0.3, -0.25) is 0 Å². The van der Waals surface area contributed by atoms with Crippen molar-refractivity contribution in [3.63, 3.8) is 0 Å². The fourth-order valence-corrected chi connectivity index (χ4v) is 3.09. The van der Waals surface area contributed by atoms with Gasteiger partial charge in [0.2, 0.25) is 10.0 Å². The van der Waals surface area contributed by atoms with Gasteiger partial charge in [0.1, 0.15) is 0 Å². The Morgan fingerprint density at radius 2 is 2.12 bits per heavy atom. The number of hydrogen-bond acceptors (Lipinski definition) is 2. The molecule has 0 bridgehead atoms. The summed E-state index contributed by atoms with van der Waals surface area (Å²) in [7, 11) is -3.41. The van der Waals surface area contributed by atoms with E-state index in [-0.39, 0.29) is 6.04 Å². The minimum atomic E-state index is -3.41. The van der Waals surface area contributed by atoms with E-state index in [9.17, 15) is 8.42 Å². The molecule has 1 rings (SSSR count). The number of alkyl halides is 1. The summed E-state index contributed by atoms with van der Waals surface area (Å²) in [6.07, 6.45) is 1.55. The molecule has 17 heavy (non-hydrogen) atoms. The predicted molar refractivity (Wildman–Crippen MR) is 70.9 cm³/mol. The number of nitrogens with one attached hydrogen (secondary N) is 1. The summed E-state index contributed by atoms with van der Waals surface area (Å²) < 4.78 is 26.7. The monoisotopic (exact) mass is 275 g/mol. The highest BCUT2D eigenvalue weighted by Crippen LogP contribution is 2.12. The Labute approximate surface area is 108 Å². The van der Waals surface area contributed by atoms with Gasteiger partial charge >= 0.3 is 0 Å². The Bertz CT molecular complexity index is 459. The average molecular weight is 276 g/mol. The van der Waals surface area contributed by atoms with Crippen LogP contribution in [-0.2, 0) is 10.0 Å². The van der Waals surface area contributed by atoms with Crippen LogP contribution < -0.4 is 4.72 Å². The van der Waals surface area contributed by atoms with E-state index >= 15 is 0 Å². The van der Waals surface area contributed by atoms with Crippen molar-refractivity contribution in [2.24, 2.45) is 0 Å². The summed E-state index contributed by atoms with van der Waals surface area (Å²) in [6.45, 7) is 3.72. The number of aryl methyl sites for hydroxylation is 1. The van der Waals surface area contributed by atoms with Gasteiger partial charge in [0.25, 0.3) is 0 Å². The zero-order valence-electron chi connectivity index (χ0n) is 10.1. The first-order valence-electron chi connectivity index (χ1n) is 5.60. The van der Waals surface area contributed by atoms with E-state index in [0.717, 1.165) is 18.4 Å². The van der Waals surface area contributed by atoms with Crippen molar-refractivity contribution in [2.45, 2.75) is 37.6 Å². The Balaban J connectivity index is 2.75. The molecular weight excluding hydrogens is 258 g/mol. The number of benzene rings is 1. The molecule has 0 heterocycles. The normalized spacial score (nSPS) is 13.6. The molecule has 0 aliphatic heterocycles. The average Bonchev–Trinajstić information content (AvgIpc) is 2.26. The molecule has 1 N–H and O–H groups in total. The van der Waals surface area contributed by atoms with Gasteiger partial charge in [-0.25, -0.2) is 13.1 Å². The van der Waals surface area contributed by atoms with Crippen molar-refractivity contribution >= 4 is 21.6 Å². The minimum absolute atomic E-state index is 0.0979. The molecule has 0 saturated carbocycles. The first kappa shape index (κ1) is 14.5. The summed E-state index contributed by atoms with van der Waals surface area (Å²) >= 11 is 5.58. The van der Waals surface area contributed by atoms with Crippen LogP contribution in [0.5, 0.6) is 0 Å². The van der Waals surface area contributed by atoms with E-state index in [1.165, 1.54) is 0 Å². The first-order valence-corrected chi connectivity index (χ1v) is 7.62. The topological polar surface area (TPSA) is 46.2 Å². The summed E-state index contributed by atoms with van der Waals surface area (Å²) in [6, 6.07) is 6.78. The van der Waals surface area contributed by atoms with Crippen LogP contribution in [0.2, 0.25) is 0 Å². The second kappa shape index (κ2) is 6.38. The van der Waals surface area contributed by atoms with E-state index < -0.39 is 10.0 Å². The lowest BCUT2D eigenvalue weighted by atomic mass is 10.2. The lowest BCUT2D eigenvalue weighted by Gasteiger charge is -2.13. The van der Waals surface area contributed by atoms with Crippen molar-refractivity contribution < 1.29 is 8.42 Å². The highest BCUT2D eigenvalue weighted by Gasteiger charge is 2.16. The smallest absolute Gasteiger partial charge is 0.208 e. The Hall–Kier alpha value is -0.580. The van der Waals surface area contributed by atoms with Gasteiger partial charge in [0.15, 0.2) is 0 Å². The molecule has 1 unspecified atom stereocenters. The van der Waals surface area contributed by atoms with Gasteiger partial charge in [-0.1, -0.05) is 12.1 Å². The molecule has 0 aliphatic rings. The summed E-state index contributed by atoms with van der Waals surface area (Å²) in [4.78, 5) is 0.315. The zero-order chi connectivity index (χ0) is 12.9. The van der Waals surface area contributed by atoms with Crippen LogP contribution in [0, 0.1) is 6.92 Å². The van der Waals surface area contributed by atoms with Crippen LogP contribution in [0.4, 0.5) is 0 Å². The zero-order valence-corrected chi connectivity index (χ0v) is 11.7. The van der Waals surface area contributed by atoms with Gasteiger partial charge in [0.05, 0.1) is 4.90 Å². The fourth-order valence-electron chi connectivity index (χ4n) is 1.56. The summed E-state index contributed by atoms with van der Waals surface area (Å²) in [5.74, 6) is 0.552.